The largest absolute Gasteiger partial charge is 0.317 e. The van der Waals surface area contributed by atoms with E-state index in [1.54, 1.807) is 11.3 Å². The van der Waals surface area contributed by atoms with Crippen molar-refractivity contribution in [3.63, 3.8) is 0 Å². The number of halogens is 2. The quantitative estimate of drug-likeness (QED) is 0.916. The van der Waals surface area contributed by atoms with Gasteiger partial charge in [-0.05, 0) is 50.0 Å². The van der Waals surface area contributed by atoms with Gasteiger partial charge < -0.3 is 5.32 Å². The minimum atomic E-state index is 0. The van der Waals surface area contributed by atoms with Crippen LogP contribution in [0.3, 0.4) is 0 Å². The third kappa shape index (κ3) is 3.60. The molecule has 0 unspecified atom stereocenters. The second-order valence-electron chi connectivity index (χ2n) is 4.12. The van der Waals surface area contributed by atoms with E-state index >= 15 is 0 Å². The first-order valence-electron chi connectivity index (χ1n) is 5.40. The number of nitrogens with one attached hydrogen (secondary N) is 1. The van der Waals surface area contributed by atoms with E-state index in [2.05, 4.69) is 28.7 Å². The van der Waals surface area contributed by atoms with Crippen molar-refractivity contribution in [3.05, 3.63) is 21.3 Å². The lowest BCUT2D eigenvalue weighted by Crippen LogP contribution is -2.40. The van der Waals surface area contributed by atoms with Crippen LogP contribution in [0.1, 0.15) is 18.4 Å². The monoisotopic (exact) mass is 280 g/mol. The smallest absolute Gasteiger partial charge is 0.0973 e. The van der Waals surface area contributed by atoms with Gasteiger partial charge in [0.25, 0.3) is 0 Å². The summed E-state index contributed by atoms with van der Waals surface area (Å²) in [6.07, 6.45) is 2.50. The lowest BCUT2D eigenvalue weighted by atomic mass is 10.1. The van der Waals surface area contributed by atoms with E-state index in [1.165, 1.54) is 18.4 Å². The maximum absolute atomic E-state index is 6.10. The van der Waals surface area contributed by atoms with Crippen LogP contribution in [0.5, 0.6) is 0 Å². The first-order chi connectivity index (χ1) is 7.27. The molecule has 2 nitrogen and oxygen atoms in total. The summed E-state index contributed by atoms with van der Waals surface area (Å²) < 4.78 is 0.941. The van der Waals surface area contributed by atoms with Crippen LogP contribution < -0.4 is 5.32 Å². The van der Waals surface area contributed by atoms with Crippen LogP contribution in [-0.4, -0.2) is 31.1 Å². The molecule has 2 heterocycles. The summed E-state index contributed by atoms with van der Waals surface area (Å²) in [4.78, 5) is 2.43. The van der Waals surface area contributed by atoms with Crippen LogP contribution >= 0.6 is 35.3 Å². The van der Waals surface area contributed by atoms with Gasteiger partial charge >= 0.3 is 0 Å². The number of hydrogen-bond acceptors (Lipinski definition) is 3. The maximum Gasteiger partial charge on any atom is 0.0973 e. The predicted molar refractivity (Wildman–Crippen MR) is 73.9 cm³/mol. The minimum absolute atomic E-state index is 0. The van der Waals surface area contributed by atoms with Gasteiger partial charge in [0.2, 0.25) is 0 Å². The van der Waals surface area contributed by atoms with Gasteiger partial charge in [-0.2, -0.15) is 0 Å². The van der Waals surface area contributed by atoms with Crippen molar-refractivity contribution in [3.8, 4) is 0 Å². The van der Waals surface area contributed by atoms with Crippen LogP contribution in [-0.2, 0) is 6.54 Å². The molecule has 0 aromatic carbocycles. The summed E-state index contributed by atoms with van der Waals surface area (Å²) in [5, 5.41) is 5.45. The fourth-order valence-corrected chi connectivity index (χ4v) is 2.99. The average molecular weight is 281 g/mol. The van der Waals surface area contributed by atoms with Gasteiger partial charge in [0.15, 0.2) is 0 Å². The lowest BCUT2D eigenvalue weighted by molar-refractivity contribution is 0.192. The van der Waals surface area contributed by atoms with Crippen molar-refractivity contribution in [1.82, 2.24) is 10.2 Å². The van der Waals surface area contributed by atoms with Crippen molar-refractivity contribution in [1.29, 1.82) is 0 Å². The Hall–Kier alpha value is 0.200. The highest BCUT2D eigenvalue weighted by Crippen LogP contribution is 2.25. The van der Waals surface area contributed by atoms with Gasteiger partial charge in [0, 0.05) is 12.6 Å². The zero-order chi connectivity index (χ0) is 10.7. The van der Waals surface area contributed by atoms with Crippen molar-refractivity contribution in [2.75, 3.05) is 20.1 Å². The lowest BCUT2D eigenvalue weighted by Gasteiger charge is -2.31. The third-order valence-electron chi connectivity index (χ3n) is 3.04. The summed E-state index contributed by atoms with van der Waals surface area (Å²) >= 11 is 7.72. The van der Waals surface area contributed by atoms with E-state index in [1.807, 2.05) is 0 Å². The average Bonchev–Trinajstić information content (AvgIpc) is 2.66. The van der Waals surface area contributed by atoms with Crippen LogP contribution in [0.2, 0.25) is 4.34 Å². The SMILES string of the molecule is CN(Cc1ccsc1Cl)C1CCNCC1.Cl. The molecule has 1 fully saturated rings. The Morgan fingerprint density at radius 1 is 1.50 bits per heavy atom. The zero-order valence-corrected chi connectivity index (χ0v) is 11.8. The fourth-order valence-electron chi connectivity index (χ4n) is 2.08. The van der Waals surface area contributed by atoms with E-state index < -0.39 is 0 Å². The molecule has 0 saturated carbocycles. The van der Waals surface area contributed by atoms with Gasteiger partial charge in [-0.3, -0.25) is 4.90 Å². The summed E-state index contributed by atoms with van der Waals surface area (Å²) in [5.74, 6) is 0. The zero-order valence-electron chi connectivity index (χ0n) is 9.41. The number of thiophene rings is 1. The van der Waals surface area contributed by atoms with E-state index in [0.717, 1.165) is 24.0 Å². The van der Waals surface area contributed by atoms with Crippen LogP contribution in [0, 0.1) is 0 Å². The van der Waals surface area contributed by atoms with Gasteiger partial charge in [-0.25, -0.2) is 0 Å². The molecule has 1 aliphatic rings. The molecule has 0 spiro atoms. The highest BCUT2D eigenvalue weighted by Gasteiger charge is 2.18. The summed E-state index contributed by atoms with van der Waals surface area (Å²) in [6.45, 7) is 3.27. The van der Waals surface area contributed by atoms with Crippen molar-refractivity contribution in [2.45, 2.75) is 25.4 Å². The standard InChI is InChI=1S/C11H17ClN2S.ClH/c1-14(10-2-5-13-6-3-10)8-9-4-7-15-11(9)12;/h4,7,10,13H,2-3,5-6,8H2,1H3;1H. The number of nitrogens with zero attached hydrogens (tertiary/aromatic N) is 1. The minimum Gasteiger partial charge on any atom is -0.317 e. The van der Waals surface area contributed by atoms with Crippen LogP contribution in [0.4, 0.5) is 0 Å². The molecule has 1 aromatic rings. The van der Waals surface area contributed by atoms with Crippen LogP contribution in [0.25, 0.3) is 0 Å². The molecular weight excluding hydrogens is 263 g/mol. The Bertz CT molecular complexity index is 311. The molecule has 0 radical (unpaired) electrons. The van der Waals surface area contributed by atoms with Crippen molar-refractivity contribution in [2.24, 2.45) is 0 Å². The Morgan fingerprint density at radius 3 is 2.75 bits per heavy atom. The normalized spacial score (nSPS) is 17.4. The molecule has 0 atom stereocenters. The van der Waals surface area contributed by atoms with Crippen LogP contribution in [0.15, 0.2) is 11.4 Å². The summed E-state index contributed by atoms with van der Waals surface area (Å²) in [6, 6.07) is 2.84. The summed E-state index contributed by atoms with van der Waals surface area (Å²) in [5.41, 5.74) is 1.27. The van der Waals surface area contributed by atoms with Gasteiger partial charge in [0.1, 0.15) is 0 Å². The molecule has 1 aliphatic heterocycles. The molecule has 0 amide bonds. The number of rotatable bonds is 3. The molecule has 2 rings (SSSR count). The second kappa shape index (κ2) is 6.82. The molecule has 1 saturated heterocycles. The topological polar surface area (TPSA) is 15.3 Å². The molecule has 1 aromatic heterocycles. The number of piperidine rings is 1. The Morgan fingerprint density at radius 2 is 2.19 bits per heavy atom. The van der Waals surface area contributed by atoms with Crippen molar-refractivity contribution < 1.29 is 0 Å². The molecule has 5 heteroatoms. The molecule has 92 valence electrons. The molecule has 0 bridgehead atoms. The van der Waals surface area contributed by atoms with Crippen molar-refractivity contribution >= 4 is 35.3 Å². The molecule has 0 aliphatic carbocycles. The van der Waals surface area contributed by atoms with Gasteiger partial charge in [-0.1, -0.05) is 11.6 Å². The third-order valence-corrected chi connectivity index (χ3v) is 4.30. The van der Waals surface area contributed by atoms with E-state index in [9.17, 15) is 0 Å². The first-order valence-corrected chi connectivity index (χ1v) is 6.66. The second-order valence-corrected chi connectivity index (χ2v) is 5.63. The van der Waals surface area contributed by atoms with E-state index in [4.69, 9.17) is 11.6 Å². The molecular formula is C11H18Cl2N2S. The highest BCUT2D eigenvalue weighted by atomic mass is 35.5. The Labute approximate surface area is 112 Å². The summed E-state index contributed by atoms with van der Waals surface area (Å²) in [7, 11) is 2.20. The maximum atomic E-state index is 6.10. The van der Waals surface area contributed by atoms with E-state index in [-0.39, 0.29) is 12.4 Å². The predicted octanol–water partition coefficient (Wildman–Crippen LogP) is 3.01. The number of hydrogen-bond donors (Lipinski definition) is 1. The fraction of sp³-hybridized carbons (Fsp3) is 0.636. The first kappa shape index (κ1) is 14.3. The Balaban J connectivity index is 0.00000128. The van der Waals surface area contributed by atoms with E-state index in [0.29, 0.717) is 6.04 Å². The van der Waals surface area contributed by atoms with Gasteiger partial charge in [-0.15, -0.1) is 23.7 Å². The molecule has 16 heavy (non-hydrogen) atoms. The Kier molecular flexibility index (Phi) is 6.08. The molecule has 1 N–H and O–H groups in total. The van der Waals surface area contributed by atoms with Gasteiger partial charge in [0.05, 0.1) is 4.34 Å². The highest BCUT2D eigenvalue weighted by molar-refractivity contribution is 7.14.